The van der Waals surface area contributed by atoms with Crippen molar-refractivity contribution >= 4 is 17.3 Å². The number of nitrogens with zero attached hydrogens (tertiary/aromatic N) is 4. The first-order valence-corrected chi connectivity index (χ1v) is 8.35. The van der Waals surface area contributed by atoms with Crippen molar-refractivity contribution in [3.05, 3.63) is 40.7 Å². The Balaban J connectivity index is 1.53. The number of rotatable bonds is 5. The molecule has 1 fully saturated rings. The van der Waals surface area contributed by atoms with Crippen LogP contribution in [-0.4, -0.2) is 20.2 Å². The lowest BCUT2D eigenvalue weighted by Crippen LogP contribution is -2.42. The smallest absolute Gasteiger partial charge is 0.314 e. The Labute approximate surface area is 140 Å². The van der Waals surface area contributed by atoms with Crippen LogP contribution in [0.3, 0.4) is 0 Å². The Morgan fingerprint density at radius 1 is 1.21 bits per heavy atom. The SMILES string of the molecule is FC(F)c1nnc(-c2cnc(NC3(c4ccsc4)CCC3)nc2)o1. The number of thiophene rings is 1. The van der Waals surface area contributed by atoms with Gasteiger partial charge < -0.3 is 9.73 Å². The topological polar surface area (TPSA) is 76.7 Å². The maximum absolute atomic E-state index is 12.5. The van der Waals surface area contributed by atoms with Gasteiger partial charge in [0.15, 0.2) is 0 Å². The molecule has 0 aliphatic heterocycles. The molecule has 0 unspecified atom stereocenters. The first-order valence-electron chi connectivity index (χ1n) is 7.41. The minimum atomic E-state index is -2.79. The van der Waals surface area contributed by atoms with E-state index < -0.39 is 12.3 Å². The lowest BCUT2D eigenvalue weighted by molar-refractivity contribution is 0.116. The Bertz CT molecular complexity index is 815. The summed E-state index contributed by atoms with van der Waals surface area (Å²) in [6.07, 6.45) is 3.37. The fourth-order valence-electron chi connectivity index (χ4n) is 2.71. The van der Waals surface area contributed by atoms with Crippen LogP contribution in [0.1, 0.15) is 37.1 Å². The van der Waals surface area contributed by atoms with Crippen molar-refractivity contribution in [1.29, 1.82) is 0 Å². The highest BCUT2D eigenvalue weighted by atomic mass is 32.1. The molecule has 1 aliphatic rings. The summed E-state index contributed by atoms with van der Waals surface area (Å²) in [5, 5.41) is 14.5. The molecular weight excluding hydrogens is 336 g/mol. The lowest BCUT2D eigenvalue weighted by Gasteiger charge is -2.42. The van der Waals surface area contributed by atoms with E-state index in [1.54, 1.807) is 11.3 Å². The van der Waals surface area contributed by atoms with E-state index >= 15 is 0 Å². The van der Waals surface area contributed by atoms with Crippen LogP contribution in [0.25, 0.3) is 11.5 Å². The predicted octanol–water partition coefficient (Wildman–Crippen LogP) is 4.02. The number of nitrogens with one attached hydrogen (secondary N) is 1. The molecule has 0 aromatic carbocycles. The molecule has 124 valence electrons. The number of hydrogen-bond acceptors (Lipinski definition) is 7. The molecule has 9 heteroatoms. The van der Waals surface area contributed by atoms with Crippen molar-refractivity contribution in [2.45, 2.75) is 31.2 Å². The standard InChI is InChI=1S/C15H13F2N5OS/c16-11(17)13-22-21-12(23-13)9-6-18-14(19-7-9)20-15(3-1-4-15)10-2-5-24-8-10/h2,5-8,11H,1,3-4H2,(H,18,19,20). The van der Waals surface area contributed by atoms with E-state index in [1.807, 2.05) is 0 Å². The molecule has 3 aromatic rings. The van der Waals surface area contributed by atoms with Crippen LogP contribution in [0.4, 0.5) is 14.7 Å². The molecule has 1 saturated carbocycles. The maximum Gasteiger partial charge on any atom is 0.314 e. The average Bonchev–Trinajstić information content (AvgIpc) is 3.23. The van der Waals surface area contributed by atoms with Gasteiger partial charge >= 0.3 is 6.43 Å². The second-order valence-electron chi connectivity index (χ2n) is 5.61. The van der Waals surface area contributed by atoms with E-state index in [1.165, 1.54) is 18.0 Å². The second kappa shape index (κ2) is 5.90. The van der Waals surface area contributed by atoms with Crippen molar-refractivity contribution in [3.63, 3.8) is 0 Å². The molecule has 3 aromatic heterocycles. The zero-order chi connectivity index (χ0) is 16.6. The van der Waals surface area contributed by atoms with E-state index in [-0.39, 0.29) is 11.4 Å². The van der Waals surface area contributed by atoms with Gasteiger partial charge in [0.1, 0.15) is 0 Å². The third-order valence-electron chi connectivity index (χ3n) is 4.16. The van der Waals surface area contributed by atoms with Gasteiger partial charge in [-0.1, -0.05) is 0 Å². The van der Waals surface area contributed by atoms with Gasteiger partial charge in [0.2, 0.25) is 5.95 Å². The van der Waals surface area contributed by atoms with Gasteiger partial charge in [-0.2, -0.15) is 20.1 Å². The molecule has 0 bridgehead atoms. The zero-order valence-electron chi connectivity index (χ0n) is 12.4. The van der Waals surface area contributed by atoms with Crippen LogP contribution in [-0.2, 0) is 5.54 Å². The summed E-state index contributed by atoms with van der Waals surface area (Å²) in [6.45, 7) is 0. The number of aromatic nitrogens is 4. The third-order valence-corrected chi connectivity index (χ3v) is 4.84. The molecule has 0 saturated heterocycles. The fourth-order valence-corrected chi connectivity index (χ4v) is 3.46. The number of halogens is 2. The van der Waals surface area contributed by atoms with Crippen LogP contribution in [0, 0.1) is 0 Å². The van der Waals surface area contributed by atoms with Crippen LogP contribution >= 0.6 is 11.3 Å². The summed E-state index contributed by atoms with van der Waals surface area (Å²) >= 11 is 1.66. The molecule has 4 rings (SSSR count). The van der Waals surface area contributed by atoms with Crippen molar-refractivity contribution < 1.29 is 13.2 Å². The maximum atomic E-state index is 12.5. The Kier molecular flexibility index (Phi) is 3.72. The Morgan fingerprint density at radius 3 is 2.54 bits per heavy atom. The van der Waals surface area contributed by atoms with E-state index in [4.69, 9.17) is 4.42 Å². The highest BCUT2D eigenvalue weighted by Gasteiger charge is 2.39. The van der Waals surface area contributed by atoms with Gasteiger partial charge in [-0.3, -0.25) is 0 Å². The second-order valence-corrected chi connectivity index (χ2v) is 6.39. The van der Waals surface area contributed by atoms with Gasteiger partial charge in [0.05, 0.1) is 11.1 Å². The fraction of sp³-hybridized carbons (Fsp3) is 0.333. The molecular formula is C15H13F2N5OS. The number of alkyl halides is 2. The summed E-state index contributed by atoms with van der Waals surface area (Å²) in [4.78, 5) is 8.50. The molecule has 1 aliphatic carbocycles. The van der Waals surface area contributed by atoms with Crippen molar-refractivity contribution in [2.24, 2.45) is 0 Å². The highest BCUT2D eigenvalue weighted by molar-refractivity contribution is 7.08. The molecule has 0 spiro atoms. The van der Waals surface area contributed by atoms with E-state index in [0.717, 1.165) is 19.3 Å². The minimum absolute atomic E-state index is 0.0203. The summed E-state index contributed by atoms with van der Waals surface area (Å²) in [6, 6.07) is 2.11. The van der Waals surface area contributed by atoms with E-state index in [2.05, 4.69) is 42.3 Å². The van der Waals surface area contributed by atoms with Crippen LogP contribution in [0.2, 0.25) is 0 Å². The summed E-state index contributed by atoms with van der Waals surface area (Å²) < 4.78 is 29.9. The van der Waals surface area contributed by atoms with Crippen molar-refractivity contribution in [2.75, 3.05) is 5.32 Å². The van der Waals surface area contributed by atoms with Crippen LogP contribution in [0.15, 0.2) is 33.6 Å². The summed E-state index contributed by atoms with van der Waals surface area (Å²) in [5.41, 5.74) is 1.53. The third kappa shape index (κ3) is 2.64. The monoisotopic (exact) mass is 349 g/mol. The highest BCUT2D eigenvalue weighted by Crippen LogP contribution is 2.44. The van der Waals surface area contributed by atoms with Crippen molar-refractivity contribution in [1.82, 2.24) is 20.2 Å². The molecule has 3 heterocycles. The Hall–Kier alpha value is -2.42. The molecule has 1 N–H and O–H groups in total. The van der Waals surface area contributed by atoms with Crippen LogP contribution in [0.5, 0.6) is 0 Å². The van der Waals surface area contributed by atoms with Gasteiger partial charge in [-0.15, -0.1) is 10.2 Å². The first kappa shape index (κ1) is 15.1. The van der Waals surface area contributed by atoms with E-state index in [0.29, 0.717) is 11.5 Å². The molecule has 0 atom stereocenters. The molecule has 24 heavy (non-hydrogen) atoms. The first-order chi connectivity index (χ1) is 11.7. The Morgan fingerprint density at radius 2 is 2.00 bits per heavy atom. The van der Waals surface area contributed by atoms with Gasteiger partial charge in [0, 0.05) is 12.4 Å². The lowest BCUT2D eigenvalue weighted by atomic mass is 9.73. The predicted molar refractivity (Wildman–Crippen MR) is 83.8 cm³/mol. The molecule has 0 radical (unpaired) electrons. The normalized spacial score (nSPS) is 16.1. The zero-order valence-corrected chi connectivity index (χ0v) is 13.3. The van der Waals surface area contributed by atoms with Gasteiger partial charge in [-0.05, 0) is 41.7 Å². The van der Waals surface area contributed by atoms with Crippen molar-refractivity contribution in [3.8, 4) is 11.5 Å². The largest absolute Gasteiger partial charge is 0.415 e. The average molecular weight is 349 g/mol. The van der Waals surface area contributed by atoms with Crippen LogP contribution < -0.4 is 5.32 Å². The summed E-state index contributed by atoms with van der Waals surface area (Å²) in [7, 11) is 0. The summed E-state index contributed by atoms with van der Waals surface area (Å²) in [5.74, 6) is -0.246. The quantitative estimate of drug-likeness (QED) is 0.750. The molecule has 0 amide bonds. The number of hydrogen-bond donors (Lipinski definition) is 1. The minimum Gasteiger partial charge on any atom is -0.415 e. The van der Waals surface area contributed by atoms with Gasteiger partial charge in [0.25, 0.3) is 11.8 Å². The van der Waals surface area contributed by atoms with E-state index in [9.17, 15) is 8.78 Å². The van der Waals surface area contributed by atoms with Gasteiger partial charge in [-0.25, -0.2) is 9.97 Å². The molecule has 6 nitrogen and oxygen atoms in total. The number of anilines is 1.